The Kier molecular flexibility index (Phi) is 8.02. The van der Waals surface area contributed by atoms with Gasteiger partial charge in [-0.05, 0) is 35.1 Å². The number of carbonyl (C=O) groups excluding carboxylic acids is 2. The maximum Gasteiger partial charge on any atom is 0.407 e. The van der Waals surface area contributed by atoms with Gasteiger partial charge in [0.25, 0.3) is 0 Å². The molecule has 0 heterocycles. The molecule has 0 spiro atoms. The Labute approximate surface area is 205 Å². The van der Waals surface area contributed by atoms with Gasteiger partial charge in [-0.25, -0.2) is 4.79 Å². The maximum absolute atomic E-state index is 12.9. The molecule has 0 saturated heterocycles. The van der Waals surface area contributed by atoms with Crippen LogP contribution >= 0.6 is 0 Å². The van der Waals surface area contributed by atoms with Crippen LogP contribution in [0.2, 0.25) is 0 Å². The van der Waals surface area contributed by atoms with Gasteiger partial charge in [0.2, 0.25) is 5.91 Å². The van der Waals surface area contributed by atoms with Crippen LogP contribution in [0.1, 0.15) is 49.1 Å². The number of rotatable bonds is 11. The van der Waals surface area contributed by atoms with E-state index in [1.807, 2.05) is 24.3 Å². The molecule has 8 nitrogen and oxygen atoms in total. The SMILES string of the molecule is O=C(O)CCOCCNC(=O)C1(CNC(=O)OCC2c3ccccc3-c3ccccc32)CCCC1. The van der Waals surface area contributed by atoms with Crippen molar-refractivity contribution in [2.24, 2.45) is 5.41 Å². The summed E-state index contributed by atoms with van der Waals surface area (Å²) in [6.07, 6.45) is 2.65. The molecule has 186 valence electrons. The second kappa shape index (κ2) is 11.4. The van der Waals surface area contributed by atoms with Gasteiger partial charge in [-0.3, -0.25) is 9.59 Å². The number of nitrogens with one attached hydrogen (secondary N) is 2. The summed E-state index contributed by atoms with van der Waals surface area (Å²) < 4.78 is 10.9. The number of carbonyl (C=O) groups is 3. The molecule has 2 aliphatic carbocycles. The van der Waals surface area contributed by atoms with Crippen molar-refractivity contribution in [2.45, 2.75) is 38.0 Å². The largest absolute Gasteiger partial charge is 0.481 e. The molecule has 0 aliphatic heterocycles. The van der Waals surface area contributed by atoms with Crippen LogP contribution in [-0.4, -0.2) is 56.0 Å². The number of ether oxygens (including phenoxy) is 2. The normalized spacial score (nSPS) is 15.8. The highest BCUT2D eigenvalue weighted by Gasteiger charge is 2.41. The van der Waals surface area contributed by atoms with Crippen LogP contribution < -0.4 is 10.6 Å². The molecule has 8 heteroatoms. The Morgan fingerprint density at radius 3 is 2.17 bits per heavy atom. The van der Waals surface area contributed by atoms with E-state index in [2.05, 4.69) is 34.9 Å². The molecule has 4 rings (SSSR count). The molecule has 2 amide bonds. The zero-order valence-electron chi connectivity index (χ0n) is 19.8. The average Bonchev–Trinajstić information content (AvgIpc) is 3.47. The number of benzene rings is 2. The van der Waals surface area contributed by atoms with Gasteiger partial charge in [0.15, 0.2) is 0 Å². The third kappa shape index (κ3) is 5.82. The number of amides is 2. The highest BCUT2D eigenvalue weighted by atomic mass is 16.5. The summed E-state index contributed by atoms with van der Waals surface area (Å²) in [5, 5.41) is 14.3. The van der Waals surface area contributed by atoms with E-state index in [9.17, 15) is 14.4 Å². The first-order valence-corrected chi connectivity index (χ1v) is 12.2. The highest BCUT2D eigenvalue weighted by molar-refractivity contribution is 5.84. The van der Waals surface area contributed by atoms with Crippen molar-refractivity contribution < 1.29 is 29.0 Å². The summed E-state index contributed by atoms with van der Waals surface area (Å²) in [6.45, 7) is 1.10. The minimum Gasteiger partial charge on any atom is -0.481 e. The first kappa shape index (κ1) is 24.7. The van der Waals surface area contributed by atoms with E-state index < -0.39 is 17.5 Å². The lowest BCUT2D eigenvalue weighted by molar-refractivity contribution is -0.138. The standard InChI is InChI=1S/C27H32N2O6/c30-24(31)11-15-34-16-14-28-25(32)27(12-5-6-13-27)18-29-26(33)35-17-23-21-9-3-1-7-19(21)20-8-2-4-10-22(20)23/h1-4,7-10,23H,5-6,11-18H2,(H,28,32)(H,29,33)(H,30,31). The Hall–Kier alpha value is -3.39. The monoisotopic (exact) mass is 480 g/mol. The van der Waals surface area contributed by atoms with E-state index >= 15 is 0 Å². The Bertz CT molecular complexity index is 1020. The van der Waals surface area contributed by atoms with Gasteiger partial charge in [-0.15, -0.1) is 0 Å². The van der Waals surface area contributed by atoms with E-state index in [-0.39, 0.29) is 44.6 Å². The number of hydrogen-bond acceptors (Lipinski definition) is 5. The van der Waals surface area contributed by atoms with E-state index in [1.165, 1.54) is 11.1 Å². The molecule has 3 N–H and O–H groups in total. The fraction of sp³-hybridized carbons (Fsp3) is 0.444. The lowest BCUT2D eigenvalue weighted by Gasteiger charge is -2.28. The van der Waals surface area contributed by atoms with Crippen LogP contribution in [0, 0.1) is 5.41 Å². The molecule has 1 saturated carbocycles. The fourth-order valence-electron chi connectivity index (χ4n) is 5.11. The van der Waals surface area contributed by atoms with Gasteiger partial charge in [-0.1, -0.05) is 61.4 Å². The van der Waals surface area contributed by atoms with Crippen LogP contribution in [0.5, 0.6) is 0 Å². The van der Waals surface area contributed by atoms with Crippen LogP contribution in [0.15, 0.2) is 48.5 Å². The third-order valence-electron chi connectivity index (χ3n) is 6.95. The number of aliphatic carboxylic acids is 1. The maximum atomic E-state index is 12.9. The van der Waals surface area contributed by atoms with E-state index in [0.29, 0.717) is 19.4 Å². The zero-order chi connectivity index (χ0) is 24.7. The molecule has 0 aromatic heterocycles. The number of hydrogen-bond donors (Lipinski definition) is 3. The van der Waals surface area contributed by atoms with Crippen molar-refractivity contribution in [2.75, 3.05) is 32.9 Å². The molecule has 0 unspecified atom stereocenters. The van der Waals surface area contributed by atoms with Crippen LogP contribution in [0.3, 0.4) is 0 Å². The average molecular weight is 481 g/mol. The summed E-state index contributed by atoms with van der Waals surface area (Å²) in [4.78, 5) is 36.0. The lowest BCUT2D eigenvalue weighted by Crippen LogP contribution is -2.47. The number of fused-ring (bicyclic) bond motifs is 3. The molecular formula is C27H32N2O6. The summed E-state index contributed by atoms with van der Waals surface area (Å²) >= 11 is 0. The topological polar surface area (TPSA) is 114 Å². The van der Waals surface area contributed by atoms with Crippen LogP contribution in [0.4, 0.5) is 4.79 Å². The van der Waals surface area contributed by atoms with Crippen molar-refractivity contribution in [3.8, 4) is 11.1 Å². The molecule has 0 radical (unpaired) electrons. The van der Waals surface area contributed by atoms with Crippen LogP contribution in [0.25, 0.3) is 11.1 Å². The van der Waals surface area contributed by atoms with Crippen LogP contribution in [-0.2, 0) is 19.1 Å². The Morgan fingerprint density at radius 1 is 0.914 bits per heavy atom. The first-order valence-electron chi connectivity index (χ1n) is 12.2. The van der Waals surface area contributed by atoms with Gasteiger partial charge in [-0.2, -0.15) is 0 Å². The van der Waals surface area contributed by atoms with E-state index in [4.69, 9.17) is 14.6 Å². The van der Waals surface area contributed by atoms with Crippen molar-refractivity contribution in [1.29, 1.82) is 0 Å². The molecule has 2 aromatic rings. The fourth-order valence-corrected chi connectivity index (χ4v) is 5.11. The molecule has 1 fully saturated rings. The predicted molar refractivity (Wildman–Crippen MR) is 130 cm³/mol. The zero-order valence-corrected chi connectivity index (χ0v) is 19.8. The van der Waals surface area contributed by atoms with Crippen molar-refractivity contribution in [1.82, 2.24) is 10.6 Å². The molecule has 2 aromatic carbocycles. The highest BCUT2D eigenvalue weighted by Crippen LogP contribution is 2.44. The molecule has 2 aliphatic rings. The first-order chi connectivity index (χ1) is 17.0. The number of alkyl carbamates (subject to hydrolysis) is 1. The Morgan fingerprint density at radius 2 is 1.54 bits per heavy atom. The molecule has 0 bridgehead atoms. The Balaban J connectivity index is 1.27. The van der Waals surface area contributed by atoms with Gasteiger partial charge >= 0.3 is 12.1 Å². The third-order valence-corrected chi connectivity index (χ3v) is 6.95. The number of carboxylic acids is 1. The molecular weight excluding hydrogens is 448 g/mol. The second-order valence-electron chi connectivity index (χ2n) is 9.18. The second-order valence-corrected chi connectivity index (χ2v) is 9.18. The van der Waals surface area contributed by atoms with Gasteiger partial charge in [0.1, 0.15) is 6.61 Å². The summed E-state index contributed by atoms with van der Waals surface area (Å²) in [5.41, 5.74) is 3.99. The van der Waals surface area contributed by atoms with Crippen molar-refractivity contribution in [3.63, 3.8) is 0 Å². The van der Waals surface area contributed by atoms with E-state index in [0.717, 1.165) is 24.0 Å². The minimum absolute atomic E-state index is 0.0157. The van der Waals surface area contributed by atoms with Gasteiger partial charge < -0.3 is 25.2 Å². The van der Waals surface area contributed by atoms with Gasteiger partial charge in [0.05, 0.1) is 25.0 Å². The van der Waals surface area contributed by atoms with Crippen molar-refractivity contribution in [3.05, 3.63) is 59.7 Å². The van der Waals surface area contributed by atoms with E-state index in [1.54, 1.807) is 0 Å². The summed E-state index contributed by atoms with van der Waals surface area (Å²) in [6, 6.07) is 16.4. The summed E-state index contributed by atoms with van der Waals surface area (Å²) in [5.74, 6) is -1.05. The quantitative estimate of drug-likeness (QED) is 0.423. The van der Waals surface area contributed by atoms with Gasteiger partial charge in [0, 0.05) is 19.0 Å². The number of carboxylic acid groups (broad SMARTS) is 1. The molecule has 0 atom stereocenters. The van der Waals surface area contributed by atoms with Crippen molar-refractivity contribution >= 4 is 18.0 Å². The molecule has 35 heavy (non-hydrogen) atoms. The minimum atomic E-state index is -0.918. The predicted octanol–water partition coefficient (Wildman–Crippen LogP) is 3.69. The summed E-state index contributed by atoms with van der Waals surface area (Å²) in [7, 11) is 0. The lowest BCUT2D eigenvalue weighted by atomic mass is 9.85. The smallest absolute Gasteiger partial charge is 0.407 e.